The van der Waals surface area contributed by atoms with Crippen molar-refractivity contribution in [3.05, 3.63) is 42.5 Å². The summed E-state index contributed by atoms with van der Waals surface area (Å²) in [6.45, 7) is 10.6. The van der Waals surface area contributed by atoms with Gasteiger partial charge in [-0.2, -0.15) is 0 Å². The Balaban J connectivity index is 0.000000921. The Bertz CT molecular complexity index is 475. The van der Waals surface area contributed by atoms with Crippen LogP contribution in [0, 0.1) is 0 Å². The number of nitrogens with one attached hydrogen (secondary N) is 1. The highest BCUT2D eigenvalue weighted by molar-refractivity contribution is 7.99. The molecule has 2 rings (SSSR count). The molecule has 0 unspecified atom stereocenters. The molecule has 4 nitrogen and oxygen atoms in total. The van der Waals surface area contributed by atoms with E-state index in [4.69, 9.17) is 0 Å². The number of benzene rings is 1. The third kappa shape index (κ3) is 6.04. The lowest BCUT2D eigenvalue weighted by molar-refractivity contribution is -0.140. The lowest BCUT2D eigenvalue weighted by atomic mass is 10.1. The van der Waals surface area contributed by atoms with Crippen molar-refractivity contribution in [3.8, 4) is 0 Å². The maximum Gasteiger partial charge on any atom is 0.306 e. The predicted molar refractivity (Wildman–Crippen MR) is 87.6 cm³/mol. The van der Waals surface area contributed by atoms with Gasteiger partial charge in [-0.25, -0.2) is 0 Å². The monoisotopic (exact) mass is 309 g/mol. The number of ether oxygens (including phenoxy) is 1. The normalized spacial score (nSPS) is 11.1. The molecular weight excluding hydrogens is 286 g/mol. The van der Waals surface area contributed by atoms with Crippen LogP contribution in [-0.2, 0) is 16.1 Å². The molecule has 1 aliphatic heterocycles. The summed E-state index contributed by atoms with van der Waals surface area (Å²) in [6.07, 6.45) is 0.398. The first kappa shape index (κ1) is 19.2. The first-order valence-electron chi connectivity index (χ1n) is 6.81. The van der Waals surface area contributed by atoms with E-state index in [9.17, 15) is 9.59 Å². The Hall–Kier alpha value is -1.75. The topological polar surface area (TPSA) is 55.4 Å². The fraction of sp³-hybridized carbons (Fsp3) is 0.375. The van der Waals surface area contributed by atoms with Crippen LogP contribution in [0.1, 0.15) is 36.2 Å². The molecule has 0 aliphatic carbocycles. The Kier molecular flexibility index (Phi) is 10.1. The van der Waals surface area contributed by atoms with Crippen LogP contribution in [-0.4, -0.2) is 24.7 Å². The second-order valence-electron chi connectivity index (χ2n) is 3.68. The minimum Gasteiger partial charge on any atom is -0.469 e. The Morgan fingerprint density at radius 1 is 1.38 bits per heavy atom. The molecule has 0 bridgehead atoms. The number of thioether (sulfide) groups is 1. The van der Waals surface area contributed by atoms with Gasteiger partial charge < -0.3 is 10.1 Å². The van der Waals surface area contributed by atoms with Gasteiger partial charge in [0.25, 0.3) is 5.91 Å². The average molecular weight is 309 g/mol. The second kappa shape index (κ2) is 11.0. The van der Waals surface area contributed by atoms with E-state index in [0.717, 1.165) is 16.0 Å². The van der Waals surface area contributed by atoms with E-state index < -0.39 is 0 Å². The number of carbonyl (C=O) groups excluding carboxylic acids is 2. The first-order valence-corrected chi connectivity index (χ1v) is 7.80. The van der Waals surface area contributed by atoms with E-state index in [-0.39, 0.29) is 11.9 Å². The van der Waals surface area contributed by atoms with Gasteiger partial charge in [-0.3, -0.25) is 9.59 Å². The maximum atomic E-state index is 11.3. The van der Waals surface area contributed by atoms with Crippen molar-refractivity contribution in [2.45, 2.75) is 31.7 Å². The van der Waals surface area contributed by atoms with Crippen molar-refractivity contribution in [1.82, 2.24) is 5.32 Å². The zero-order valence-electron chi connectivity index (χ0n) is 12.9. The molecule has 0 atom stereocenters. The SMILES string of the molecule is C=C.CC.COC(=O)CCSc1ccc2c(c1)CNC2=O. The summed E-state index contributed by atoms with van der Waals surface area (Å²) in [4.78, 5) is 23.4. The molecule has 0 fully saturated rings. The van der Waals surface area contributed by atoms with E-state index in [1.807, 2.05) is 32.0 Å². The highest BCUT2D eigenvalue weighted by Crippen LogP contribution is 2.24. The zero-order chi connectivity index (χ0) is 16.3. The summed E-state index contributed by atoms with van der Waals surface area (Å²) in [6, 6.07) is 5.74. The second-order valence-corrected chi connectivity index (χ2v) is 4.84. The van der Waals surface area contributed by atoms with Gasteiger partial charge >= 0.3 is 5.97 Å². The van der Waals surface area contributed by atoms with Gasteiger partial charge in [0, 0.05) is 22.8 Å². The summed E-state index contributed by atoms with van der Waals surface area (Å²) < 4.78 is 4.57. The fourth-order valence-electron chi connectivity index (χ4n) is 1.65. The number of methoxy groups -OCH3 is 1. The molecule has 1 aromatic rings. The number of esters is 1. The van der Waals surface area contributed by atoms with E-state index >= 15 is 0 Å². The molecule has 1 heterocycles. The van der Waals surface area contributed by atoms with Crippen LogP contribution in [0.2, 0.25) is 0 Å². The van der Waals surface area contributed by atoms with Crippen molar-refractivity contribution < 1.29 is 14.3 Å². The Labute approximate surface area is 131 Å². The number of hydrogen-bond acceptors (Lipinski definition) is 4. The number of rotatable bonds is 4. The summed E-state index contributed by atoms with van der Waals surface area (Å²) in [5, 5.41) is 2.77. The fourth-order valence-corrected chi connectivity index (χ4v) is 2.55. The van der Waals surface area contributed by atoms with Crippen molar-refractivity contribution >= 4 is 23.6 Å². The number of carbonyl (C=O) groups is 2. The Morgan fingerprint density at radius 3 is 2.67 bits per heavy atom. The van der Waals surface area contributed by atoms with Gasteiger partial charge in [-0.15, -0.1) is 24.9 Å². The molecular formula is C16H23NO3S. The highest BCUT2D eigenvalue weighted by atomic mass is 32.2. The number of hydrogen-bond donors (Lipinski definition) is 1. The third-order valence-corrected chi connectivity index (χ3v) is 3.56. The van der Waals surface area contributed by atoms with Crippen molar-refractivity contribution in [3.63, 3.8) is 0 Å². The summed E-state index contributed by atoms with van der Waals surface area (Å²) >= 11 is 1.59. The summed E-state index contributed by atoms with van der Waals surface area (Å²) in [5.41, 5.74) is 1.78. The van der Waals surface area contributed by atoms with Crippen molar-refractivity contribution in [2.75, 3.05) is 12.9 Å². The molecule has 1 aromatic carbocycles. The van der Waals surface area contributed by atoms with Gasteiger partial charge in [0.2, 0.25) is 0 Å². The van der Waals surface area contributed by atoms with Gasteiger partial charge in [0.15, 0.2) is 0 Å². The minimum absolute atomic E-state index is 0.00823. The number of fused-ring (bicyclic) bond motifs is 1. The van der Waals surface area contributed by atoms with Crippen LogP contribution in [0.4, 0.5) is 0 Å². The summed E-state index contributed by atoms with van der Waals surface area (Å²) in [7, 11) is 1.39. The molecule has 1 amide bonds. The molecule has 0 saturated carbocycles. The van der Waals surface area contributed by atoms with Gasteiger partial charge in [-0.05, 0) is 23.8 Å². The molecule has 0 aromatic heterocycles. The molecule has 116 valence electrons. The standard InChI is InChI=1S/C12H13NO3S.C2H6.C2H4/c1-16-11(14)4-5-17-9-2-3-10-8(6-9)7-13-12(10)15;2*1-2/h2-3,6H,4-5,7H2,1H3,(H,13,15);1-2H3;1-2H2. The van der Waals surface area contributed by atoms with Gasteiger partial charge in [-0.1, -0.05) is 13.8 Å². The molecule has 0 saturated heterocycles. The van der Waals surface area contributed by atoms with E-state index in [2.05, 4.69) is 23.2 Å². The minimum atomic E-state index is -0.199. The molecule has 5 heteroatoms. The third-order valence-electron chi connectivity index (χ3n) is 2.56. The predicted octanol–water partition coefficient (Wildman–Crippen LogP) is 3.41. The number of amides is 1. The molecule has 21 heavy (non-hydrogen) atoms. The molecule has 0 spiro atoms. The average Bonchev–Trinajstić information content (AvgIpc) is 2.92. The van der Waals surface area contributed by atoms with Crippen molar-refractivity contribution in [2.24, 2.45) is 0 Å². The van der Waals surface area contributed by atoms with Crippen molar-refractivity contribution in [1.29, 1.82) is 0 Å². The van der Waals surface area contributed by atoms with Crippen LogP contribution in [0.15, 0.2) is 36.3 Å². The summed E-state index contributed by atoms with van der Waals surface area (Å²) in [5.74, 6) is 0.480. The lowest BCUT2D eigenvalue weighted by Gasteiger charge is -2.03. The van der Waals surface area contributed by atoms with Crippen LogP contribution < -0.4 is 5.32 Å². The molecule has 0 radical (unpaired) electrons. The highest BCUT2D eigenvalue weighted by Gasteiger charge is 2.18. The van der Waals surface area contributed by atoms with Gasteiger partial charge in [0.05, 0.1) is 13.5 Å². The smallest absolute Gasteiger partial charge is 0.306 e. The van der Waals surface area contributed by atoms with Crippen LogP contribution >= 0.6 is 11.8 Å². The van der Waals surface area contributed by atoms with Crippen LogP contribution in [0.3, 0.4) is 0 Å². The maximum absolute atomic E-state index is 11.3. The Morgan fingerprint density at radius 2 is 2.05 bits per heavy atom. The van der Waals surface area contributed by atoms with Crippen LogP contribution in [0.5, 0.6) is 0 Å². The molecule has 1 aliphatic rings. The van der Waals surface area contributed by atoms with E-state index in [1.54, 1.807) is 11.8 Å². The zero-order valence-corrected chi connectivity index (χ0v) is 13.7. The first-order chi connectivity index (χ1) is 10.2. The van der Waals surface area contributed by atoms with Gasteiger partial charge in [0.1, 0.15) is 0 Å². The van der Waals surface area contributed by atoms with E-state index in [0.29, 0.717) is 18.7 Å². The quantitative estimate of drug-likeness (QED) is 0.526. The van der Waals surface area contributed by atoms with E-state index in [1.165, 1.54) is 7.11 Å². The largest absolute Gasteiger partial charge is 0.469 e. The molecule has 1 N–H and O–H groups in total. The van der Waals surface area contributed by atoms with Crippen LogP contribution in [0.25, 0.3) is 0 Å². The lowest BCUT2D eigenvalue weighted by Crippen LogP contribution is -2.12.